The Morgan fingerprint density at radius 2 is 1.30 bits per heavy atom. The van der Waals surface area contributed by atoms with Gasteiger partial charge in [-0.15, -0.1) is 0 Å². The number of nitrogen functional groups attached to an aromatic ring is 1. The fourth-order valence-electron chi connectivity index (χ4n) is 3.96. The van der Waals surface area contributed by atoms with E-state index in [4.69, 9.17) is 5.73 Å². The van der Waals surface area contributed by atoms with Gasteiger partial charge >= 0.3 is 0 Å². The van der Waals surface area contributed by atoms with Crippen LogP contribution in [0.25, 0.3) is 0 Å². The fraction of sp³-hybridized carbons (Fsp3) is 0.333. The molecular formula is C15H10F4N2O2. The third-order valence-electron chi connectivity index (χ3n) is 4.97. The SMILES string of the molecule is Nc1c(F)c(F)c(N2C(=O)C3C4C=CC(C4)C3C2=O)c(F)c1F. The summed E-state index contributed by atoms with van der Waals surface area (Å²) in [5.41, 5.74) is 2.29. The van der Waals surface area contributed by atoms with Crippen LogP contribution in [0.1, 0.15) is 6.42 Å². The van der Waals surface area contributed by atoms with Crippen molar-refractivity contribution in [2.45, 2.75) is 6.42 Å². The summed E-state index contributed by atoms with van der Waals surface area (Å²) >= 11 is 0. The van der Waals surface area contributed by atoms with Crippen LogP contribution in [-0.2, 0) is 9.59 Å². The maximum Gasteiger partial charge on any atom is 0.238 e. The monoisotopic (exact) mass is 326 g/mol. The molecule has 2 fully saturated rings. The van der Waals surface area contributed by atoms with Crippen LogP contribution in [0, 0.1) is 46.9 Å². The van der Waals surface area contributed by atoms with Gasteiger partial charge in [0.25, 0.3) is 0 Å². The van der Waals surface area contributed by atoms with E-state index in [1.165, 1.54) is 0 Å². The Morgan fingerprint density at radius 1 is 0.870 bits per heavy atom. The van der Waals surface area contributed by atoms with Gasteiger partial charge in [-0.3, -0.25) is 9.59 Å². The number of carbonyl (C=O) groups is 2. The topological polar surface area (TPSA) is 63.4 Å². The lowest BCUT2D eigenvalue weighted by molar-refractivity contribution is -0.123. The van der Waals surface area contributed by atoms with Crippen molar-refractivity contribution in [1.29, 1.82) is 0 Å². The number of fused-ring (bicyclic) bond motifs is 5. The van der Waals surface area contributed by atoms with Gasteiger partial charge in [0.1, 0.15) is 11.4 Å². The van der Waals surface area contributed by atoms with E-state index in [0.717, 1.165) is 0 Å². The number of benzene rings is 1. The Balaban J connectivity index is 1.88. The lowest BCUT2D eigenvalue weighted by Gasteiger charge is -2.19. The van der Waals surface area contributed by atoms with Crippen molar-refractivity contribution in [2.24, 2.45) is 23.7 Å². The van der Waals surface area contributed by atoms with Crippen molar-refractivity contribution < 1.29 is 27.2 Å². The van der Waals surface area contributed by atoms with Crippen LogP contribution in [0.5, 0.6) is 0 Å². The minimum atomic E-state index is -1.84. The predicted molar refractivity (Wildman–Crippen MR) is 70.9 cm³/mol. The summed E-state index contributed by atoms with van der Waals surface area (Å²) in [6.07, 6.45) is 4.20. The predicted octanol–water partition coefficient (Wildman–Crippen LogP) is 2.14. The van der Waals surface area contributed by atoms with Crippen molar-refractivity contribution >= 4 is 23.2 Å². The van der Waals surface area contributed by atoms with E-state index in [2.05, 4.69) is 0 Å². The molecule has 23 heavy (non-hydrogen) atoms. The van der Waals surface area contributed by atoms with Gasteiger partial charge in [0.2, 0.25) is 11.8 Å². The lowest BCUT2D eigenvalue weighted by Crippen LogP contribution is -2.35. The Kier molecular flexibility index (Phi) is 2.68. The molecule has 1 heterocycles. The van der Waals surface area contributed by atoms with E-state index in [-0.39, 0.29) is 16.7 Å². The first-order chi connectivity index (χ1) is 10.8. The summed E-state index contributed by atoms with van der Waals surface area (Å²) < 4.78 is 55.4. The highest BCUT2D eigenvalue weighted by molar-refractivity contribution is 6.23. The van der Waals surface area contributed by atoms with Crippen LogP contribution in [-0.4, -0.2) is 11.8 Å². The van der Waals surface area contributed by atoms with Crippen molar-refractivity contribution in [3.05, 3.63) is 35.4 Å². The van der Waals surface area contributed by atoms with E-state index >= 15 is 0 Å². The standard InChI is InChI=1S/C15H10F4N2O2/c16-8-10(18)13(11(19)9(17)12(8)20)21-14(22)6-4-1-2-5(3-4)7(6)15(21)23/h1-2,4-7H,3,20H2. The van der Waals surface area contributed by atoms with E-state index in [1.54, 1.807) is 12.2 Å². The highest BCUT2D eigenvalue weighted by Crippen LogP contribution is 2.53. The van der Waals surface area contributed by atoms with Gasteiger partial charge in [0.15, 0.2) is 23.3 Å². The van der Waals surface area contributed by atoms with E-state index in [0.29, 0.717) is 6.42 Å². The maximum absolute atomic E-state index is 14.1. The number of imide groups is 1. The van der Waals surface area contributed by atoms with Gasteiger partial charge in [0.05, 0.1) is 11.8 Å². The summed E-state index contributed by atoms with van der Waals surface area (Å²) in [6.45, 7) is 0. The summed E-state index contributed by atoms with van der Waals surface area (Å²) in [5.74, 6) is -10.9. The first-order valence-electron chi connectivity index (χ1n) is 7.02. The molecule has 2 bridgehead atoms. The number of hydrogen-bond acceptors (Lipinski definition) is 3. The molecule has 8 heteroatoms. The average molecular weight is 326 g/mol. The zero-order chi connectivity index (χ0) is 16.6. The minimum absolute atomic E-state index is 0.193. The zero-order valence-electron chi connectivity index (χ0n) is 11.5. The molecule has 0 aromatic heterocycles. The van der Waals surface area contributed by atoms with Crippen LogP contribution in [0.3, 0.4) is 0 Å². The fourth-order valence-corrected chi connectivity index (χ4v) is 3.96. The molecule has 1 saturated carbocycles. The molecule has 1 aromatic rings. The third-order valence-corrected chi connectivity index (χ3v) is 4.97. The van der Waals surface area contributed by atoms with Crippen LogP contribution < -0.4 is 10.6 Å². The lowest BCUT2D eigenvalue weighted by atomic mass is 9.85. The van der Waals surface area contributed by atoms with Crippen LogP contribution in [0.4, 0.5) is 28.9 Å². The van der Waals surface area contributed by atoms with Gasteiger partial charge in [-0.1, -0.05) is 12.2 Å². The summed E-state index contributed by atoms with van der Waals surface area (Å²) in [5, 5.41) is 0. The number of nitrogens with two attached hydrogens (primary N) is 1. The van der Waals surface area contributed by atoms with Crippen molar-refractivity contribution in [3.8, 4) is 0 Å². The third kappa shape index (κ3) is 1.55. The van der Waals surface area contributed by atoms with Gasteiger partial charge < -0.3 is 5.73 Å². The zero-order valence-corrected chi connectivity index (χ0v) is 11.5. The number of nitrogens with zero attached hydrogens (tertiary/aromatic N) is 1. The normalized spacial score (nSPS) is 31.4. The van der Waals surface area contributed by atoms with E-state index < -0.39 is 58.3 Å². The van der Waals surface area contributed by atoms with E-state index in [9.17, 15) is 27.2 Å². The Morgan fingerprint density at radius 3 is 1.74 bits per heavy atom. The number of amides is 2. The molecule has 4 atom stereocenters. The quantitative estimate of drug-likeness (QED) is 0.283. The number of anilines is 2. The summed E-state index contributed by atoms with van der Waals surface area (Å²) in [4.78, 5) is 25.2. The number of rotatable bonds is 1. The molecule has 4 nitrogen and oxygen atoms in total. The Bertz CT molecular complexity index is 748. The molecule has 120 valence electrons. The van der Waals surface area contributed by atoms with Crippen molar-refractivity contribution in [1.82, 2.24) is 0 Å². The summed E-state index contributed by atoms with van der Waals surface area (Å²) in [7, 11) is 0. The van der Waals surface area contributed by atoms with Crippen LogP contribution in [0.2, 0.25) is 0 Å². The minimum Gasteiger partial charge on any atom is -0.394 e. The molecule has 1 saturated heterocycles. The number of hydrogen-bond donors (Lipinski definition) is 1. The average Bonchev–Trinajstić information content (AvgIpc) is 3.20. The molecule has 2 amide bonds. The second-order valence-corrected chi connectivity index (χ2v) is 6.03. The van der Waals surface area contributed by atoms with Crippen LogP contribution >= 0.6 is 0 Å². The molecule has 1 aromatic carbocycles. The number of allylic oxidation sites excluding steroid dienone is 2. The van der Waals surface area contributed by atoms with Gasteiger partial charge in [-0.05, 0) is 18.3 Å². The van der Waals surface area contributed by atoms with Crippen LogP contribution in [0.15, 0.2) is 12.2 Å². The molecule has 2 N–H and O–H groups in total. The first kappa shape index (κ1) is 14.2. The first-order valence-corrected chi connectivity index (χ1v) is 7.02. The van der Waals surface area contributed by atoms with Gasteiger partial charge in [-0.25, -0.2) is 22.5 Å². The van der Waals surface area contributed by atoms with E-state index in [1.807, 2.05) is 0 Å². The molecular weight excluding hydrogens is 316 g/mol. The largest absolute Gasteiger partial charge is 0.394 e. The molecule has 2 aliphatic carbocycles. The second kappa shape index (κ2) is 4.33. The highest BCUT2D eigenvalue weighted by Gasteiger charge is 2.60. The van der Waals surface area contributed by atoms with Gasteiger partial charge in [-0.2, -0.15) is 0 Å². The summed E-state index contributed by atoms with van der Waals surface area (Å²) in [6, 6.07) is 0. The second-order valence-electron chi connectivity index (χ2n) is 6.03. The number of halogens is 4. The molecule has 4 unspecified atom stereocenters. The van der Waals surface area contributed by atoms with Crippen molar-refractivity contribution in [2.75, 3.05) is 10.6 Å². The Hall–Kier alpha value is -2.38. The molecule has 4 rings (SSSR count). The maximum atomic E-state index is 14.1. The Labute approximate surface area is 127 Å². The number of carbonyl (C=O) groups excluding carboxylic acids is 2. The molecule has 1 aliphatic heterocycles. The highest BCUT2D eigenvalue weighted by atomic mass is 19.2. The van der Waals surface area contributed by atoms with Crippen molar-refractivity contribution in [3.63, 3.8) is 0 Å². The molecule has 0 radical (unpaired) electrons. The smallest absolute Gasteiger partial charge is 0.238 e. The van der Waals surface area contributed by atoms with Gasteiger partial charge in [0, 0.05) is 0 Å². The molecule has 0 spiro atoms. The molecule has 3 aliphatic rings.